The highest BCUT2D eigenvalue weighted by Gasteiger charge is 2.25. The van der Waals surface area contributed by atoms with Gasteiger partial charge in [0.2, 0.25) is 0 Å². The van der Waals surface area contributed by atoms with Crippen LogP contribution in [-0.2, 0) is 13.5 Å². The van der Waals surface area contributed by atoms with Crippen LogP contribution in [0.4, 0.5) is 0 Å². The summed E-state index contributed by atoms with van der Waals surface area (Å²) in [6, 6.07) is 18.1. The van der Waals surface area contributed by atoms with Gasteiger partial charge in [0.1, 0.15) is 0 Å². The Morgan fingerprint density at radius 2 is 2.00 bits per heavy atom. The molecule has 1 aliphatic carbocycles. The summed E-state index contributed by atoms with van der Waals surface area (Å²) in [4.78, 5) is 3.72. The molecular formula is C24H26N4. The van der Waals surface area contributed by atoms with Crippen LogP contribution >= 0.6 is 0 Å². The highest BCUT2D eigenvalue weighted by Crippen LogP contribution is 2.37. The van der Waals surface area contributed by atoms with E-state index in [0.29, 0.717) is 12.1 Å². The van der Waals surface area contributed by atoms with E-state index in [4.69, 9.17) is 0 Å². The normalized spacial score (nSPS) is 17.6. The second-order valence-corrected chi connectivity index (χ2v) is 7.92. The van der Waals surface area contributed by atoms with Crippen LogP contribution in [0.1, 0.15) is 48.7 Å². The molecule has 2 aromatic carbocycles. The van der Waals surface area contributed by atoms with E-state index in [1.54, 1.807) is 0 Å². The average molecular weight is 371 g/mol. The van der Waals surface area contributed by atoms with Gasteiger partial charge in [-0.15, -0.1) is 0 Å². The fourth-order valence-electron chi connectivity index (χ4n) is 4.52. The Balaban J connectivity index is 1.49. The zero-order valence-electron chi connectivity index (χ0n) is 16.4. The lowest BCUT2D eigenvalue weighted by molar-refractivity contribution is 0.410. The topological polar surface area (TPSA) is 45.6 Å². The van der Waals surface area contributed by atoms with Crippen molar-refractivity contribution in [1.29, 1.82) is 0 Å². The van der Waals surface area contributed by atoms with Crippen LogP contribution in [0, 0.1) is 0 Å². The maximum Gasteiger partial charge on any atom is 0.0568 e. The Kier molecular flexibility index (Phi) is 4.29. The number of hydrogen-bond acceptors (Lipinski definition) is 2. The molecule has 4 aromatic rings. The standard InChI is InChI=1S/C24H26N4/c1-16(17-7-4-3-5-8-17)26-23-10-6-9-20-21-13-18(19-14-25-28(2)15-19)11-12-22(21)27-24(20)23/h3-5,7-8,11-16,23,26-27H,6,9-10H2,1-2H3/t16-,23?/m1/s1. The van der Waals surface area contributed by atoms with Crippen molar-refractivity contribution in [3.05, 3.63) is 77.7 Å². The molecule has 0 amide bonds. The van der Waals surface area contributed by atoms with E-state index >= 15 is 0 Å². The third-order valence-electron chi connectivity index (χ3n) is 6.00. The minimum absolute atomic E-state index is 0.328. The molecule has 1 aliphatic rings. The van der Waals surface area contributed by atoms with Crippen molar-refractivity contribution in [2.75, 3.05) is 0 Å². The number of aromatic nitrogens is 3. The molecule has 0 spiro atoms. The molecule has 28 heavy (non-hydrogen) atoms. The molecule has 2 N–H and O–H groups in total. The highest BCUT2D eigenvalue weighted by molar-refractivity contribution is 5.89. The lowest BCUT2D eigenvalue weighted by Gasteiger charge is -2.27. The molecule has 2 aromatic heterocycles. The minimum Gasteiger partial charge on any atom is -0.357 e. The first-order valence-corrected chi connectivity index (χ1v) is 10.1. The predicted octanol–water partition coefficient (Wildman–Crippen LogP) is 5.30. The summed E-state index contributed by atoms with van der Waals surface area (Å²) in [6.07, 6.45) is 7.55. The molecule has 0 aliphatic heterocycles. The van der Waals surface area contributed by atoms with Crippen LogP contribution in [0.2, 0.25) is 0 Å². The largest absolute Gasteiger partial charge is 0.357 e. The lowest BCUT2D eigenvalue weighted by atomic mass is 9.90. The van der Waals surface area contributed by atoms with Crippen molar-refractivity contribution in [3.8, 4) is 11.1 Å². The minimum atomic E-state index is 0.328. The van der Waals surface area contributed by atoms with Crippen molar-refractivity contribution in [2.45, 2.75) is 38.3 Å². The fraction of sp³-hybridized carbons (Fsp3) is 0.292. The quantitative estimate of drug-likeness (QED) is 0.512. The molecule has 2 heterocycles. The molecule has 4 nitrogen and oxygen atoms in total. The van der Waals surface area contributed by atoms with E-state index in [1.807, 2.05) is 17.9 Å². The average Bonchev–Trinajstić information content (AvgIpc) is 3.32. The summed E-state index contributed by atoms with van der Waals surface area (Å²) in [5, 5.41) is 9.53. The number of aromatic amines is 1. The van der Waals surface area contributed by atoms with E-state index in [2.05, 4.69) is 77.1 Å². The van der Waals surface area contributed by atoms with Gasteiger partial charge >= 0.3 is 0 Å². The summed E-state index contributed by atoms with van der Waals surface area (Å²) in [5.74, 6) is 0. The van der Waals surface area contributed by atoms with Gasteiger partial charge in [0, 0.05) is 47.5 Å². The van der Waals surface area contributed by atoms with Gasteiger partial charge in [-0.3, -0.25) is 4.68 Å². The molecule has 2 atom stereocenters. The van der Waals surface area contributed by atoms with Crippen LogP contribution in [0.15, 0.2) is 60.9 Å². The van der Waals surface area contributed by atoms with E-state index in [1.165, 1.54) is 51.7 Å². The van der Waals surface area contributed by atoms with Crippen molar-refractivity contribution in [2.24, 2.45) is 7.05 Å². The summed E-state index contributed by atoms with van der Waals surface area (Å²) < 4.78 is 1.86. The van der Waals surface area contributed by atoms with Gasteiger partial charge in [0.25, 0.3) is 0 Å². The van der Waals surface area contributed by atoms with Crippen LogP contribution in [0.3, 0.4) is 0 Å². The Labute approximate surface area is 165 Å². The number of fused-ring (bicyclic) bond motifs is 3. The molecule has 0 bridgehead atoms. The number of H-pyrrole nitrogens is 1. The molecule has 1 unspecified atom stereocenters. The molecule has 0 saturated heterocycles. The number of hydrogen-bond donors (Lipinski definition) is 2. The summed E-state index contributed by atoms with van der Waals surface area (Å²) in [5.41, 5.74) is 7.82. The molecule has 142 valence electrons. The van der Waals surface area contributed by atoms with Crippen LogP contribution in [0.5, 0.6) is 0 Å². The van der Waals surface area contributed by atoms with E-state index in [9.17, 15) is 0 Å². The summed E-state index contributed by atoms with van der Waals surface area (Å²) >= 11 is 0. The molecule has 5 rings (SSSR count). The monoisotopic (exact) mass is 370 g/mol. The van der Waals surface area contributed by atoms with Gasteiger partial charge in [-0.05, 0) is 55.0 Å². The first-order chi connectivity index (χ1) is 13.7. The molecule has 0 saturated carbocycles. The zero-order valence-corrected chi connectivity index (χ0v) is 16.4. The van der Waals surface area contributed by atoms with Gasteiger partial charge in [0.15, 0.2) is 0 Å². The Hall–Kier alpha value is -2.85. The first kappa shape index (κ1) is 17.3. The second-order valence-electron chi connectivity index (χ2n) is 7.92. The Bertz CT molecular complexity index is 1110. The number of nitrogens with one attached hydrogen (secondary N) is 2. The zero-order chi connectivity index (χ0) is 19.1. The molecular weight excluding hydrogens is 344 g/mol. The van der Waals surface area contributed by atoms with Gasteiger partial charge < -0.3 is 10.3 Å². The van der Waals surface area contributed by atoms with Crippen LogP contribution < -0.4 is 5.32 Å². The van der Waals surface area contributed by atoms with Gasteiger partial charge in [-0.25, -0.2) is 0 Å². The number of aryl methyl sites for hydroxylation is 2. The Morgan fingerprint density at radius 1 is 1.14 bits per heavy atom. The van der Waals surface area contributed by atoms with Crippen molar-refractivity contribution < 1.29 is 0 Å². The second kappa shape index (κ2) is 6.95. The maximum atomic E-state index is 4.32. The maximum absolute atomic E-state index is 4.32. The van der Waals surface area contributed by atoms with Crippen LogP contribution in [-0.4, -0.2) is 14.8 Å². The summed E-state index contributed by atoms with van der Waals surface area (Å²) in [7, 11) is 1.96. The predicted molar refractivity (Wildman–Crippen MR) is 114 cm³/mol. The molecule has 0 fully saturated rings. The lowest BCUT2D eigenvalue weighted by Crippen LogP contribution is -2.27. The third kappa shape index (κ3) is 3.04. The number of benzene rings is 2. The van der Waals surface area contributed by atoms with Crippen LogP contribution in [0.25, 0.3) is 22.0 Å². The Morgan fingerprint density at radius 3 is 2.79 bits per heavy atom. The highest BCUT2D eigenvalue weighted by atomic mass is 15.2. The van der Waals surface area contributed by atoms with Crippen molar-refractivity contribution in [3.63, 3.8) is 0 Å². The third-order valence-corrected chi connectivity index (χ3v) is 6.00. The van der Waals surface area contributed by atoms with E-state index < -0.39 is 0 Å². The SMILES string of the molecule is C[C@@H](NC1CCCc2c1[nH]c1ccc(-c3cnn(C)c3)cc21)c1ccccc1. The van der Waals surface area contributed by atoms with E-state index in [-0.39, 0.29) is 0 Å². The smallest absolute Gasteiger partial charge is 0.0568 e. The van der Waals surface area contributed by atoms with E-state index in [0.717, 1.165) is 6.42 Å². The molecule has 4 heteroatoms. The first-order valence-electron chi connectivity index (χ1n) is 10.1. The van der Waals surface area contributed by atoms with Crippen molar-refractivity contribution in [1.82, 2.24) is 20.1 Å². The summed E-state index contributed by atoms with van der Waals surface area (Å²) in [6.45, 7) is 2.26. The van der Waals surface area contributed by atoms with Gasteiger partial charge in [-0.1, -0.05) is 36.4 Å². The van der Waals surface area contributed by atoms with Gasteiger partial charge in [0.05, 0.1) is 6.20 Å². The number of nitrogens with zero attached hydrogens (tertiary/aromatic N) is 2. The molecule has 0 radical (unpaired) electrons. The van der Waals surface area contributed by atoms with Gasteiger partial charge in [-0.2, -0.15) is 5.10 Å². The number of rotatable bonds is 4. The fourth-order valence-corrected chi connectivity index (χ4v) is 4.52. The van der Waals surface area contributed by atoms with Crippen molar-refractivity contribution >= 4 is 10.9 Å².